The van der Waals surface area contributed by atoms with Crippen molar-refractivity contribution in [1.29, 1.82) is 0 Å². The minimum Gasteiger partial charge on any atom is -0.304 e. The topological polar surface area (TPSA) is 78.7 Å². The summed E-state index contributed by atoms with van der Waals surface area (Å²) < 4.78 is 22.8. The summed E-state index contributed by atoms with van der Waals surface area (Å²) in [5.41, 5.74) is 0. The molecule has 106 valence electrons. The standard InChI is InChI=1S/C11H22NO5P/c1-3-16-18(15,17-4-2)11(12(13)14)10-8-6-5-7-9-10/h10-11H,3-9H2,1-2H3/t11-/m0/s1. The third kappa shape index (κ3) is 3.77. The van der Waals surface area contributed by atoms with Gasteiger partial charge in [0.2, 0.25) is 0 Å². The normalized spacial score (nSPS) is 19.7. The molecule has 0 aromatic heterocycles. The maximum Gasteiger partial charge on any atom is 0.404 e. The average Bonchev–Trinajstić information content (AvgIpc) is 2.30. The number of rotatable bonds is 7. The molecule has 0 amide bonds. The molecule has 6 nitrogen and oxygen atoms in total. The zero-order valence-corrected chi connectivity index (χ0v) is 11.9. The Labute approximate surface area is 108 Å². The van der Waals surface area contributed by atoms with E-state index in [1.165, 1.54) is 0 Å². The Hall–Kier alpha value is -0.450. The highest BCUT2D eigenvalue weighted by Crippen LogP contribution is 2.57. The summed E-state index contributed by atoms with van der Waals surface area (Å²) in [7, 11) is -3.65. The average molecular weight is 279 g/mol. The van der Waals surface area contributed by atoms with Crippen molar-refractivity contribution < 1.29 is 18.5 Å². The smallest absolute Gasteiger partial charge is 0.304 e. The van der Waals surface area contributed by atoms with Crippen molar-refractivity contribution in [1.82, 2.24) is 0 Å². The molecule has 0 aromatic carbocycles. The lowest BCUT2D eigenvalue weighted by Crippen LogP contribution is -2.32. The van der Waals surface area contributed by atoms with E-state index in [1.807, 2.05) is 0 Å². The molecule has 0 aliphatic heterocycles. The first-order chi connectivity index (χ1) is 8.55. The summed E-state index contributed by atoms with van der Waals surface area (Å²) in [6, 6.07) is 0. The summed E-state index contributed by atoms with van der Waals surface area (Å²) in [6.07, 6.45) is 4.46. The van der Waals surface area contributed by atoms with E-state index in [-0.39, 0.29) is 19.1 Å². The largest absolute Gasteiger partial charge is 0.404 e. The van der Waals surface area contributed by atoms with E-state index in [1.54, 1.807) is 13.8 Å². The molecule has 1 saturated carbocycles. The molecule has 0 radical (unpaired) electrons. The number of nitro groups is 1. The second-order valence-corrected chi connectivity index (χ2v) is 6.60. The van der Waals surface area contributed by atoms with Crippen molar-refractivity contribution in [3.8, 4) is 0 Å². The van der Waals surface area contributed by atoms with Gasteiger partial charge in [-0.3, -0.25) is 14.7 Å². The van der Waals surface area contributed by atoms with Crippen molar-refractivity contribution in [2.75, 3.05) is 13.2 Å². The fraction of sp³-hybridized carbons (Fsp3) is 1.00. The highest BCUT2D eigenvalue weighted by Gasteiger charge is 2.50. The summed E-state index contributed by atoms with van der Waals surface area (Å²) >= 11 is 0. The zero-order valence-electron chi connectivity index (χ0n) is 11.0. The Morgan fingerprint density at radius 2 is 1.72 bits per heavy atom. The van der Waals surface area contributed by atoms with Crippen molar-refractivity contribution in [3.05, 3.63) is 10.1 Å². The van der Waals surface area contributed by atoms with Gasteiger partial charge in [0, 0.05) is 10.8 Å². The highest BCUT2D eigenvalue weighted by atomic mass is 31.2. The minimum atomic E-state index is -3.65. The molecule has 1 aliphatic carbocycles. The van der Waals surface area contributed by atoms with Crippen LogP contribution in [0, 0.1) is 16.0 Å². The van der Waals surface area contributed by atoms with E-state index in [9.17, 15) is 14.7 Å². The third-order valence-electron chi connectivity index (χ3n) is 3.23. The Kier molecular flexibility index (Phi) is 6.26. The molecule has 0 spiro atoms. The molecule has 0 aromatic rings. The van der Waals surface area contributed by atoms with E-state index < -0.39 is 18.3 Å². The van der Waals surface area contributed by atoms with Gasteiger partial charge >= 0.3 is 13.4 Å². The lowest BCUT2D eigenvalue weighted by molar-refractivity contribution is -0.511. The molecule has 1 atom stereocenters. The van der Waals surface area contributed by atoms with E-state index >= 15 is 0 Å². The van der Waals surface area contributed by atoms with Crippen LogP contribution in [-0.4, -0.2) is 23.9 Å². The van der Waals surface area contributed by atoms with Crippen LogP contribution in [-0.2, 0) is 13.6 Å². The Morgan fingerprint density at radius 3 is 2.11 bits per heavy atom. The van der Waals surface area contributed by atoms with Gasteiger partial charge in [-0.15, -0.1) is 0 Å². The van der Waals surface area contributed by atoms with Crippen LogP contribution >= 0.6 is 7.60 Å². The summed E-state index contributed by atoms with van der Waals surface area (Å²) in [5, 5.41) is 11.3. The first-order valence-corrected chi connectivity index (χ1v) is 8.18. The van der Waals surface area contributed by atoms with Crippen LogP contribution in [0.2, 0.25) is 0 Å². The van der Waals surface area contributed by atoms with Gasteiger partial charge in [0.15, 0.2) is 0 Å². The van der Waals surface area contributed by atoms with Crippen molar-refractivity contribution in [3.63, 3.8) is 0 Å². The van der Waals surface area contributed by atoms with Crippen molar-refractivity contribution in [2.45, 2.75) is 51.7 Å². The SMILES string of the molecule is CCOP(=O)(OCC)[C@@H](C1CCCCC1)[N+](=O)[O-]. The monoisotopic (exact) mass is 279 g/mol. The second-order valence-electron chi connectivity index (χ2n) is 4.47. The molecule has 0 bridgehead atoms. The predicted octanol–water partition coefficient (Wildman–Crippen LogP) is 3.44. The molecule has 0 unspecified atom stereocenters. The minimum absolute atomic E-state index is 0.161. The molecule has 7 heteroatoms. The van der Waals surface area contributed by atoms with Gasteiger partial charge in [0.05, 0.1) is 13.2 Å². The Bertz CT molecular complexity index is 307. The van der Waals surface area contributed by atoms with Crippen LogP contribution in [0.15, 0.2) is 0 Å². The Balaban J connectivity index is 2.92. The summed E-state index contributed by atoms with van der Waals surface area (Å²) in [5.74, 6) is -1.41. The van der Waals surface area contributed by atoms with Crippen LogP contribution in [0.4, 0.5) is 0 Å². The molecule has 1 aliphatic rings. The van der Waals surface area contributed by atoms with Crippen LogP contribution in [0.25, 0.3) is 0 Å². The van der Waals surface area contributed by atoms with E-state index in [0.717, 1.165) is 32.1 Å². The van der Waals surface area contributed by atoms with Gasteiger partial charge in [0.25, 0.3) is 0 Å². The fourth-order valence-corrected chi connectivity index (χ4v) is 4.67. The molecule has 1 rings (SSSR count). The van der Waals surface area contributed by atoms with Crippen LogP contribution in [0.5, 0.6) is 0 Å². The first-order valence-electron chi connectivity index (χ1n) is 6.57. The van der Waals surface area contributed by atoms with Crippen molar-refractivity contribution in [2.24, 2.45) is 5.92 Å². The fourth-order valence-electron chi connectivity index (χ4n) is 2.53. The van der Waals surface area contributed by atoms with Gasteiger partial charge in [-0.2, -0.15) is 0 Å². The van der Waals surface area contributed by atoms with Crippen molar-refractivity contribution >= 4 is 7.60 Å². The maximum atomic E-state index is 12.6. The molecule has 0 N–H and O–H groups in total. The maximum absolute atomic E-state index is 12.6. The lowest BCUT2D eigenvalue weighted by atomic mass is 9.89. The van der Waals surface area contributed by atoms with Gasteiger partial charge < -0.3 is 9.05 Å². The van der Waals surface area contributed by atoms with Crippen LogP contribution in [0.3, 0.4) is 0 Å². The van der Waals surface area contributed by atoms with Gasteiger partial charge in [-0.1, -0.05) is 19.3 Å². The summed E-state index contributed by atoms with van der Waals surface area (Å²) in [6.45, 7) is 3.66. The van der Waals surface area contributed by atoms with Gasteiger partial charge in [0.1, 0.15) is 0 Å². The zero-order chi connectivity index (χ0) is 13.6. The number of nitrogens with zero attached hydrogens (tertiary/aromatic N) is 1. The lowest BCUT2D eigenvalue weighted by Gasteiger charge is -2.28. The van der Waals surface area contributed by atoms with Gasteiger partial charge in [-0.05, 0) is 26.7 Å². The van der Waals surface area contributed by atoms with E-state index in [2.05, 4.69) is 0 Å². The van der Waals surface area contributed by atoms with Crippen LogP contribution < -0.4 is 0 Å². The molecule has 18 heavy (non-hydrogen) atoms. The van der Waals surface area contributed by atoms with E-state index in [0.29, 0.717) is 0 Å². The molecule has 0 saturated heterocycles. The molecule has 1 fully saturated rings. The van der Waals surface area contributed by atoms with Crippen LogP contribution in [0.1, 0.15) is 46.0 Å². The first kappa shape index (κ1) is 15.6. The number of hydrogen-bond acceptors (Lipinski definition) is 5. The van der Waals surface area contributed by atoms with E-state index in [4.69, 9.17) is 9.05 Å². The quantitative estimate of drug-likeness (QED) is 0.405. The summed E-state index contributed by atoms with van der Waals surface area (Å²) in [4.78, 5) is 10.8. The van der Waals surface area contributed by atoms with Gasteiger partial charge in [-0.25, -0.2) is 0 Å². The Morgan fingerprint density at radius 1 is 1.22 bits per heavy atom. The highest BCUT2D eigenvalue weighted by molar-refractivity contribution is 7.54. The second kappa shape index (κ2) is 7.22. The molecular weight excluding hydrogens is 257 g/mol. The third-order valence-corrected chi connectivity index (χ3v) is 5.72. The molecule has 0 heterocycles. The molecular formula is C11H22NO5P. The predicted molar refractivity (Wildman–Crippen MR) is 68.2 cm³/mol. The number of hydrogen-bond donors (Lipinski definition) is 0.